The predicted octanol–water partition coefficient (Wildman–Crippen LogP) is 4.99. The Bertz CT molecular complexity index is 1870. The van der Waals surface area contributed by atoms with Gasteiger partial charge in [0.25, 0.3) is 11.1 Å². The van der Waals surface area contributed by atoms with E-state index in [9.17, 15) is 9.59 Å². The molecule has 0 amide bonds. The van der Waals surface area contributed by atoms with Crippen LogP contribution in [0.2, 0.25) is 0 Å². The Morgan fingerprint density at radius 2 is 1.77 bits per heavy atom. The van der Waals surface area contributed by atoms with Crippen LogP contribution < -0.4 is 16.4 Å². The summed E-state index contributed by atoms with van der Waals surface area (Å²) in [7, 11) is 1.56. The van der Waals surface area contributed by atoms with E-state index < -0.39 is 11.4 Å². The number of fused-ring (bicyclic) bond motifs is 1. The van der Waals surface area contributed by atoms with Crippen LogP contribution in [0.1, 0.15) is 44.5 Å². The second-order valence-corrected chi connectivity index (χ2v) is 10.7. The average Bonchev–Trinajstić information content (AvgIpc) is 2.91. The van der Waals surface area contributed by atoms with Crippen LogP contribution >= 0.6 is 0 Å². The zero-order valence-corrected chi connectivity index (χ0v) is 23.3. The van der Waals surface area contributed by atoms with Crippen LogP contribution in [-0.4, -0.2) is 29.5 Å². The molecule has 5 rings (SSSR count). The fourth-order valence-electron chi connectivity index (χ4n) is 4.54. The van der Waals surface area contributed by atoms with Crippen LogP contribution in [-0.2, 0) is 18.9 Å². The highest BCUT2D eigenvalue weighted by Gasteiger charge is 2.20. The number of aromatic nitrogens is 6. The highest BCUT2D eigenvalue weighted by atomic mass is 19.1. The van der Waals surface area contributed by atoms with E-state index >= 15 is 4.39 Å². The molecule has 5 aromatic rings. The maximum absolute atomic E-state index is 15.2. The standard InChI is InChI=1S/C30H30FN7O2/c1-7-20-15-33-26(16-32-20)35-24-13-23(36-37(6)28(24)39)21-9-8-10-25(17(21)2)38-29(40)27-18(14-34-38)11-19(12-22(27)31)30(3,4)5/h8-16H,7H2,1-6H3,(H,33,35). The largest absolute Gasteiger partial charge is 0.334 e. The van der Waals surface area contributed by atoms with Crippen molar-refractivity contribution in [2.75, 3.05) is 5.32 Å². The third-order valence-electron chi connectivity index (χ3n) is 6.91. The van der Waals surface area contributed by atoms with Gasteiger partial charge in [-0.2, -0.15) is 14.9 Å². The highest BCUT2D eigenvalue weighted by molar-refractivity contribution is 5.83. The van der Waals surface area contributed by atoms with Crippen LogP contribution in [0, 0.1) is 12.7 Å². The SMILES string of the molecule is CCc1cnc(Nc2cc(-c3cccc(-n4ncc5cc(C(C)(C)C)cc(F)c5c4=O)c3C)nn(C)c2=O)cn1. The van der Waals surface area contributed by atoms with E-state index in [1.807, 2.05) is 46.8 Å². The number of anilines is 2. The lowest BCUT2D eigenvalue weighted by Gasteiger charge is -2.20. The number of benzene rings is 2. The van der Waals surface area contributed by atoms with Crippen molar-refractivity contribution in [1.29, 1.82) is 0 Å². The van der Waals surface area contributed by atoms with Gasteiger partial charge in [-0.1, -0.05) is 39.8 Å². The summed E-state index contributed by atoms with van der Waals surface area (Å²) in [5.74, 6) is -0.150. The minimum Gasteiger partial charge on any atom is -0.334 e. The van der Waals surface area contributed by atoms with Gasteiger partial charge in [-0.25, -0.2) is 14.1 Å². The molecule has 9 nitrogen and oxygen atoms in total. The summed E-state index contributed by atoms with van der Waals surface area (Å²) in [4.78, 5) is 35.0. The summed E-state index contributed by atoms with van der Waals surface area (Å²) in [5.41, 5.74) is 3.07. The van der Waals surface area contributed by atoms with Gasteiger partial charge in [0.05, 0.1) is 41.1 Å². The first-order chi connectivity index (χ1) is 19.0. The summed E-state index contributed by atoms with van der Waals surface area (Å²) in [6, 6.07) is 10.2. The van der Waals surface area contributed by atoms with Gasteiger partial charge < -0.3 is 5.32 Å². The highest BCUT2D eigenvalue weighted by Crippen LogP contribution is 2.29. The molecule has 0 fully saturated rings. The Kier molecular flexibility index (Phi) is 6.79. The molecule has 0 aliphatic rings. The number of hydrogen-bond acceptors (Lipinski definition) is 7. The molecule has 204 valence electrons. The molecule has 3 heterocycles. The monoisotopic (exact) mass is 539 g/mol. The maximum atomic E-state index is 15.2. The lowest BCUT2D eigenvalue weighted by Crippen LogP contribution is -2.24. The van der Waals surface area contributed by atoms with Gasteiger partial charge in [-0.05, 0) is 54.2 Å². The summed E-state index contributed by atoms with van der Waals surface area (Å²) in [6.45, 7) is 9.78. The second-order valence-electron chi connectivity index (χ2n) is 10.7. The normalized spacial score (nSPS) is 11.7. The molecule has 0 saturated heterocycles. The van der Waals surface area contributed by atoms with Crippen molar-refractivity contribution >= 4 is 22.3 Å². The van der Waals surface area contributed by atoms with E-state index in [0.29, 0.717) is 33.7 Å². The van der Waals surface area contributed by atoms with E-state index in [1.54, 1.807) is 37.6 Å². The molecule has 2 aromatic carbocycles. The third-order valence-corrected chi connectivity index (χ3v) is 6.91. The number of nitrogens with one attached hydrogen (secondary N) is 1. The minimum atomic E-state index is -0.581. The van der Waals surface area contributed by atoms with Gasteiger partial charge >= 0.3 is 0 Å². The van der Waals surface area contributed by atoms with E-state index in [-0.39, 0.29) is 22.0 Å². The summed E-state index contributed by atoms with van der Waals surface area (Å²) < 4.78 is 17.7. The molecule has 1 N–H and O–H groups in total. The fraction of sp³-hybridized carbons (Fsp3) is 0.267. The van der Waals surface area contributed by atoms with Gasteiger partial charge in [0.1, 0.15) is 17.3 Å². The van der Waals surface area contributed by atoms with E-state index in [4.69, 9.17) is 0 Å². The minimum absolute atomic E-state index is 0.0188. The van der Waals surface area contributed by atoms with Crippen molar-refractivity contribution in [3.63, 3.8) is 0 Å². The molecule has 0 aliphatic carbocycles. The number of aryl methyl sites for hydroxylation is 2. The van der Waals surface area contributed by atoms with Crippen molar-refractivity contribution in [3.8, 4) is 16.9 Å². The Balaban J connectivity index is 1.60. The number of hydrogen-bond donors (Lipinski definition) is 1. The summed E-state index contributed by atoms with van der Waals surface area (Å²) in [6.07, 6.45) is 5.50. The Hall–Kier alpha value is -4.73. The molecule has 0 radical (unpaired) electrons. The van der Waals surface area contributed by atoms with Crippen molar-refractivity contribution in [2.45, 2.75) is 46.5 Å². The lowest BCUT2D eigenvalue weighted by molar-refractivity contribution is 0.576. The smallest absolute Gasteiger partial charge is 0.290 e. The Morgan fingerprint density at radius 3 is 2.45 bits per heavy atom. The van der Waals surface area contributed by atoms with Crippen LogP contribution in [0.25, 0.3) is 27.7 Å². The first-order valence-corrected chi connectivity index (χ1v) is 13.0. The zero-order valence-electron chi connectivity index (χ0n) is 23.3. The third kappa shape index (κ3) is 4.88. The molecular formula is C30H30FN7O2. The number of rotatable bonds is 5. The van der Waals surface area contributed by atoms with Gasteiger partial charge in [-0.3, -0.25) is 14.6 Å². The lowest BCUT2D eigenvalue weighted by atomic mass is 9.86. The summed E-state index contributed by atoms with van der Waals surface area (Å²) in [5, 5.41) is 12.3. The Labute approximate surface area is 230 Å². The van der Waals surface area contributed by atoms with Crippen molar-refractivity contribution in [2.24, 2.45) is 7.05 Å². The van der Waals surface area contributed by atoms with Crippen molar-refractivity contribution < 1.29 is 4.39 Å². The topological polar surface area (TPSA) is 108 Å². The maximum Gasteiger partial charge on any atom is 0.290 e. The Morgan fingerprint density at radius 1 is 1.00 bits per heavy atom. The van der Waals surface area contributed by atoms with Gasteiger partial charge in [-0.15, -0.1) is 0 Å². The first kappa shape index (κ1) is 26.9. The van der Waals surface area contributed by atoms with Crippen LogP contribution in [0.4, 0.5) is 15.9 Å². The van der Waals surface area contributed by atoms with Crippen molar-refractivity contribution in [1.82, 2.24) is 29.5 Å². The molecule has 40 heavy (non-hydrogen) atoms. The molecule has 0 aliphatic heterocycles. The van der Waals surface area contributed by atoms with Crippen LogP contribution in [0.3, 0.4) is 0 Å². The van der Waals surface area contributed by atoms with E-state index in [0.717, 1.165) is 17.7 Å². The van der Waals surface area contributed by atoms with Crippen LogP contribution in [0.15, 0.2) is 64.6 Å². The average molecular weight is 540 g/mol. The van der Waals surface area contributed by atoms with Crippen LogP contribution in [0.5, 0.6) is 0 Å². The van der Waals surface area contributed by atoms with Gasteiger partial charge in [0.15, 0.2) is 0 Å². The van der Waals surface area contributed by atoms with Gasteiger partial charge in [0, 0.05) is 18.0 Å². The van der Waals surface area contributed by atoms with E-state index in [1.165, 1.54) is 21.6 Å². The molecule has 0 unspecified atom stereocenters. The first-order valence-electron chi connectivity index (χ1n) is 13.0. The molecule has 3 aromatic heterocycles. The number of halogens is 1. The summed E-state index contributed by atoms with van der Waals surface area (Å²) >= 11 is 0. The van der Waals surface area contributed by atoms with E-state index in [2.05, 4.69) is 25.5 Å². The van der Waals surface area contributed by atoms with Gasteiger partial charge in [0.2, 0.25) is 0 Å². The fourth-order valence-corrected chi connectivity index (χ4v) is 4.54. The number of nitrogens with zero attached hydrogens (tertiary/aromatic N) is 6. The molecule has 0 saturated carbocycles. The molecular weight excluding hydrogens is 509 g/mol. The molecule has 0 spiro atoms. The quantitative estimate of drug-likeness (QED) is 0.335. The molecule has 10 heteroatoms. The zero-order chi connectivity index (χ0) is 28.8. The predicted molar refractivity (Wildman–Crippen MR) is 154 cm³/mol. The second kappa shape index (κ2) is 10.1. The molecule has 0 bridgehead atoms. The van der Waals surface area contributed by atoms with Crippen molar-refractivity contribution in [3.05, 3.63) is 98.3 Å². The molecule has 0 atom stereocenters.